The first-order chi connectivity index (χ1) is 12.0. The number of nitrogens with zero attached hydrogens (tertiary/aromatic N) is 4. The van der Waals surface area contributed by atoms with E-state index in [1.54, 1.807) is 7.05 Å². The number of aromatic nitrogens is 2. The average molecular weight is 393 g/mol. The fraction of sp³-hybridized carbons (Fsp3) is 0.750. The number of rotatable bonds is 4. The smallest absolute Gasteiger partial charge is 0.374 e. The molecular weight excluding hydrogens is 367 g/mol. The molecule has 1 aliphatic heterocycles. The van der Waals surface area contributed by atoms with Crippen molar-refractivity contribution in [2.45, 2.75) is 36.8 Å². The van der Waals surface area contributed by atoms with E-state index in [1.807, 2.05) is 16.7 Å². The third kappa shape index (κ3) is 4.46. The molecule has 6 nitrogen and oxygen atoms in total. The first kappa shape index (κ1) is 20.9. The lowest BCUT2D eigenvalue weighted by atomic mass is 9.97. The number of hydrogen-bond donors (Lipinski definition) is 2. The van der Waals surface area contributed by atoms with Crippen molar-refractivity contribution in [2.75, 3.05) is 32.4 Å². The first-order valence-electron chi connectivity index (χ1n) is 8.37. The van der Waals surface area contributed by atoms with E-state index in [-0.39, 0.29) is 11.3 Å². The molecule has 2 rings (SSSR count). The van der Waals surface area contributed by atoms with E-state index in [0.717, 1.165) is 18.8 Å². The lowest BCUT2D eigenvalue weighted by molar-refractivity contribution is -0.272. The van der Waals surface area contributed by atoms with Crippen molar-refractivity contribution >= 4 is 17.7 Å². The number of aryl methyl sites for hydroxylation is 1. The summed E-state index contributed by atoms with van der Waals surface area (Å²) >= 11 is 1.86. The molecule has 1 fully saturated rings. The number of imidazole rings is 1. The fourth-order valence-electron chi connectivity index (χ4n) is 3.03. The lowest BCUT2D eigenvalue weighted by Crippen LogP contribution is -2.52. The normalized spacial score (nSPS) is 20.8. The standard InChI is InChI=1S/C16H26F3N5OS/c1-14(2)11-24(9-10-26-14)13(20-3)22-6-5-15(25,16(17,18)19)12-21-7-8-23(12)4/h7-8,25H,5-6,9-11H2,1-4H3,(H,20,22). The summed E-state index contributed by atoms with van der Waals surface area (Å²) in [5.74, 6) is 1.05. The monoisotopic (exact) mass is 393 g/mol. The minimum atomic E-state index is -4.83. The number of hydrogen-bond acceptors (Lipinski definition) is 4. The number of aliphatic imine (C=N–C) groups is 1. The Kier molecular flexibility index (Phi) is 6.17. The van der Waals surface area contributed by atoms with Gasteiger partial charge in [0.05, 0.1) is 0 Å². The van der Waals surface area contributed by atoms with Gasteiger partial charge in [0.2, 0.25) is 5.60 Å². The second kappa shape index (κ2) is 7.67. The number of halogens is 3. The molecule has 0 aromatic carbocycles. The number of alkyl halides is 3. The largest absolute Gasteiger partial charge is 0.424 e. The van der Waals surface area contributed by atoms with Gasteiger partial charge < -0.3 is 19.9 Å². The van der Waals surface area contributed by atoms with Crippen molar-refractivity contribution < 1.29 is 18.3 Å². The molecule has 0 saturated carbocycles. The highest BCUT2D eigenvalue weighted by Crippen LogP contribution is 2.40. The molecule has 1 atom stereocenters. The van der Waals surface area contributed by atoms with Crippen molar-refractivity contribution in [3.8, 4) is 0 Å². The predicted octanol–water partition coefficient (Wildman–Crippen LogP) is 1.96. The number of aliphatic hydroxyl groups is 1. The Hall–Kier alpha value is -1.42. The van der Waals surface area contributed by atoms with Gasteiger partial charge in [-0.1, -0.05) is 0 Å². The maximum absolute atomic E-state index is 13.5. The summed E-state index contributed by atoms with van der Waals surface area (Å²) in [7, 11) is 3.03. The van der Waals surface area contributed by atoms with Gasteiger partial charge in [0, 0.05) is 63.0 Å². The van der Waals surface area contributed by atoms with Gasteiger partial charge in [-0.3, -0.25) is 4.99 Å². The van der Waals surface area contributed by atoms with Crippen LogP contribution in [0.15, 0.2) is 17.4 Å². The van der Waals surface area contributed by atoms with Crippen LogP contribution >= 0.6 is 11.8 Å². The molecule has 0 aliphatic carbocycles. The van der Waals surface area contributed by atoms with E-state index in [2.05, 4.69) is 29.1 Å². The molecular formula is C16H26F3N5OS. The van der Waals surface area contributed by atoms with E-state index in [0.29, 0.717) is 5.96 Å². The molecule has 2 N–H and O–H groups in total. The molecule has 1 aromatic rings. The van der Waals surface area contributed by atoms with Gasteiger partial charge in [-0.15, -0.1) is 0 Å². The van der Waals surface area contributed by atoms with Crippen LogP contribution in [-0.4, -0.2) is 68.9 Å². The van der Waals surface area contributed by atoms with Crippen LogP contribution in [-0.2, 0) is 12.6 Å². The topological polar surface area (TPSA) is 65.7 Å². The Bertz CT molecular complexity index is 646. The van der Waals surface area contributed by atoms with Gasteiger partial charge in [-0.2, -0.15) is 24.9 Å². The summed E-state index contributed by atoms with van der Waals surface area (Å²) in [4.78, 5) is 9.91. The zero-order chi connectivity index (χ0) is 19.6. The van der Waals surface area contributed by atoms with Crippen molar-refractivity contribution in [3.05, 3.63) is 18.2 Å². The lowest BCUT2D eigenvalue weighted by Gasteiger charge is -2.39. The first-order valence-corrected chi connectivity index (χ1v) is 9.35. The van der Waals surface area contributed by atoms with Crippen LogP contribution < -0.4 is 5.32 Å². The maximum Gasteiger partial charge on any atom is 0.424 e. The summed E-state index contributed by atoms with van der Waals surface area (Å²) in [5.41, 5.74) is -3.02. The quantitative estimate of drug-likeness (QED) is 0.605. The third-order valence-electron chi connectivity index (χ3n) is 4.37. The van der Waals surface area contributed by atoms with Crippen molar-refractivity contribution in [1.29, 1.82) is 0 Å². The molecule has 0 bridgehead atoms. The molecule has 1 unspecified atom stereocenters. The van der Waals surface area contributed by atoms with E-state index in [4.69, 9.17) is 0 Å². The number of thioether (sulfide) groups is 1. The molecule has 1 saturated heterocycles. The van der Waals surface area contributed by atoms with Crippen LogP contribution in [0.1, 0.15) is 26.1 Å². The van der Waals surface area contributed by atoms with Gasteiger partial charge in [0.1, 0.15) is 5.82 Å². The Morgan fingerprint density at radius 2 is 2.15 bits per heavy atom. The molecule has 2 heterocycles. The van der Waals surface area contributed by atoms with Gasteiger partial charge in [0.15, 0.2) is 5.96 Å². The fourth-order valence-corrected chi connectivity index (χ4v) is 4.14. The van der Waals surface area contributed by atoms with E-state index >= 15 is 0 Å². The van der Waals surface area contributed by atoms with E-state index in [1.165, 1.54) is 24.0 Å². The van der Waals surface area contributed by atoms with Crippen LogP contribution in [0.5, 0.6) is 0 Å². The minimum absolute atomic E-state index is 0.0511. The van der Waals surface area contributed by atoms with Crippen LogP contribution in [0.3, 0.4) is 0 Å². The SMILES string of the molecule is CN=C(NCCC(O)(c1nccn1C)C(F)(F)F)N1CCSC(C)(C)C1. The van der Waals surface area contributed by atoms with Crippen molar-refractivity contribution in [2.24, 2.45) is 12.0 Å². The predicted molar refractivity (Wildman–Crippen MR) is 97.2 cm³/mol. The molecule has 1 aromatic heterocycles. The highest BCUT2D eigenvalue weighted by Gasteiger charge is 2.57. The average Bonchev–Trinajstić information content (AvgIpc) is 2.95. The van der Waals surface area contributed by atoms with Crippen LogP contribution in [0.4, 0.5) is 13.2 Å². The van der Waals surface area contributed by atoms with Crippen molar-refractivity contribution in [1.82, 2.24) is 19.8 Å². The Labute approximate surface area is 155 Å². The zero-order valence-electron chi connectivity index (χ0n) is 15.5. The second-order valence-corrected chi connectivity index (χ2v) is 8.78. The molecule has 0 radical (unpaired) electrons. The Morgan fingerprint density at radius 3 is 2.65 bits per heavy atom. The van der Waals surface area contributed by atoms with Crippen LogP contribution in [0.25, 0.3) is 0 Å². The minimum Gasteiger partial charge on any atom is -0.374 e. The Morgan fingerprint density at radius 1 is 1.46 bits per heavy atom. The summed E-state index contributed by atoms with van der Waals surface area (Å²) in [5, 5.41) is 13.3. The van der Waals surface area contributed by atoms with Gasteiger partial charge in [-0.25, -0.2) is 4.98 Å². The second-order valence-electron chi connectivity index (χ2n) is 6.97. The molecule has 0 amide bonds. The highest BCUT2D eigenvalue weighted by atomic mass is 32.2. The summed E-state index contributed by atoms with van der Waals surface area (Å²) in [6.07, 6.45) is -2.77. The van der Waals surface area contributed by atoms with Crippen molar-refractivity contribution in [3.63, 3.8) is 0 Å². The Balaban J connectivity index is 2.06. The summed E-state index contributed by atoms with van der Waals surface area (Å²) in [6, 6.07) is 0. The number of guanidine groups is 1. The summed E-state index contributed by atoms with van der Waals surface area (Å²) < 4.78 is 41.8. The summed E-state index contributed by atoms with van der Waals surface area (Å²) in [6.45, 7) is 5.69. The number of nitrogens with one attached hydrogen (secondary N) is 1. The maximum atomic E-state index is 13.5. The highest BCUT2D eigenvalue weighted by molar-refractivity contribution is 8.00. The van der Waals surface area contributed by atoms with Crippen LogP contribution in [0, 0.1) is 0 Å². The molecule has 10 heteroatoms. The van der Waals surface area contributed by atoms with Gasteiger partial charge in [-0.05, 0) is 13.8 Å². The zero-order valence-corrected chi connectivity index (χ0v) is 16.3. The molecule has 26 heavy (non-hydrogen) atoms. The third-order valence-corrected chi connectivity index (χ3v) is 5.66. The molecule has 1 aliphatic rings. The molecule has 0 spiro atoms. The van der Waals surface area contributed by atoms with E-state index < -0.39 is 24.0 Å². The van der Waals surface area contributed by atoms with Gasteiger partial charge in [0.25, 0.3) is 0 Å². The van der Waals surface area contributed by atoms with E-state index in [9.17, 15) is 18.3 Å². The molecule has 148 valence electrons. The van der Waals surface area contributed by atoms with Gasteiger partial charge >= 0.3 is 6.18 Å². The van der Waals surface area contributed by atoms with Crippen LogP contribution in [0.2, 0.25) is 0 Å².